The van der Waals surface area contributed by atoms with E-state index in [4.69, 9.17) is 5.73 Å². The van der Waals surface area contributed by atoms with Crippen LogP contribution in [0, 0.1) is 5.82 Å². The number of carbonyl (C=O) groups is 1. The highest BCUT2D eigenvalue weighted by Gasteiger charge is 2.09. The van der Waals surface area contributed by atoms with Gasteiger partial charge in [0.05, 0.1) is 11.3 Å². The quantitative estimate of drug-likeness (QED) is 0.665. The van der Waals surface area contributed by atoms with Crippen molar-refractivity contribution in [2.75, 3.05) is 16.4 Å². The largest absolute Gasteiger partial charge is 0.382 e. The summed E-state index contributed by atoms with van der Waals surface area (Å²) < 4.78 is 12.9. The van der Waals surface area contributed by atoms with Gasteiger partial charge >= 0.3 is 0 Å². The molecule has 2 aromatic heterocycles. The maximum atomic E-state index is 12.9. The molecule has 3 rings (SSSR count). The zero-order chi connectivity index (χ0) is 17.6. The van der Waals surface area contributed by atoms with Gasteiger partial charge in [-0.1, -0.05) is 12.1 Å². The number of hydrogen-bond donors (Lipinski definition) is 3. The molecule has 1 aromatic carbocycles. The molecule has 0 spiro atoms. The van der Waals surface area contributed by atoms with E-state index in [1.54, 1.807) is 42.6 Å². The van der Waals surface area contributed by atoms with E-state index in [1.807, 2.05) is 0 Å². The number of amides is 1. The van der Waals surface area contributed by atoms with E-state index < -0.39 is 0 Å². The molecule has 0 bridgehead atoms. The van der Waals surface area contributed by atoms with E-state index in [9.17, 15) is 9.18 Å². The van der Waals surface area contributed by atoms with Crippen molar-refractivity contribution in [2.24, 2.45) is 0 Å². The van der Waals surface area contributed by atoms with E-state index >= 15 is 0 Å². The van der Waals surface area contributed by atoms with Crippen molar-refractivity contribution >= 4 is 23.2 Å². The van der Waals surface area contributed by atoms with Crippen molar-refractivity contribution < 1.29 is 9.18 Å². The number of carbonyl (C=O) groups excluding carboxylic acids is 1. The second kappa shape index (κ2) is 7.39. The number of benzene rings is 1. The van der Waals surface area contributed by atoms with E-state index in [0.717, 1.165) is 5.56 Å². The second-order valence-electron chi connectivity index (χ2n) is 5.31. The molecule has 0 fully saturated rings. The minimum absolute atomic E-state index is 0.196. The van der Waals surface area contributed by atoms with Gasteiger partial charge in [-0.15, -0.1) is 0 Å². The fourth-order valence-electron chi connectivity index (χ4n) is 2.17. The molecule has 0 saturated carbocycles. The number of pyridine rings is 2. The monoisotopic (exact) mass is 337 g/mol. The van der Waals surface area contributed by atoms with Crippen LogP contribution in [0.3, 0.4) is 0 Å². The van der Waals surface area contributed by atoms with Gasteiger partial charge in [0.1, 0.15) is 17.5 Å². The van der Waals surface area contributed by atoms with Gasteiger partial charge in [0.25, 0.3) is 5.91 Å². The SMILES string of the molecule is Nc1nc(NCc2ccc(F)cc2)ccc1NC(=O)c1cccnc1. The molecule has 0 unspecified atom stereocenters. The summed E-state index contributed by atoms with van der Waals surface area (Å²) in [6, 6.07) is 12.9. The van der Waals surface area contributed by atoms with Crippen LogP contribution in [-0.4, -0.2) is 15.9 Å². The average molecular weight is 337 g/mol. The Morgan fingerprint density at radius 3 is 2.60 bits per heavy atom. The number of hydrogen-bond acceptors (Lipinski definition) is 5. The van der Waals surface area contributed by atoms with Crippen LogP contribution >= 0.6 is 0 Å². The highest BCUT2D eigenvalue weighted by molar-refractivity contribution is 6.05. The highest BCUT2D eigenvalue weighted by Crippen LogP contribution is 2.20. The van der Waals surface area contributed by atoms with Crippen molar-refractivity contribution in [3.63, 3.8) is 0 Å². The van der Waals surface area contributed by atoms with Gasteiger partial charge in [-0.05, 0) is 42.0 Å². The van der Waals surface area contributed by atoms with Crippen LogP contribution in [0.4, 0.5) is 21.7 Å². The number of anilines is 3. The number of rotatable bonds is 5. The molecule has 0 aliphatic heterocycles. The Morgan fingerprint density at radius 1 is 1.12 bits per heavy atom. The Morgan fingerprint density at radius 2 is 1.92 bits per heavy atom. The lowest BCUT2D eigenvalue weighted by Crippen LogP contribution is -2.14. The third kappa shape index (κ3) is 4.29. The summed E-state index contributed by atoms with van der Waals surface area (Å²) in [5.74, 6) is 0.163. The molecule has 0 radical (unpaired) electrons. The zero-order valence-corrected chi connectivity index (χ0v) is 13.2. The number of aromatic nitrogens is 2. The molecule has 126 valence electrons. The van der Waals surface area contributed by atoms with Crippen LogP contribution in [0.25, 0.3) is 0 Å². The molecule has 0 aliphatic carbocycles. The summed E-state index contributed by atoms with van der Waals surface area (Å²) in [6.07, 6.45) is 3.06. The Kier molecular flexibility index (Phi) is 4.84. The molecule has 2 heterocycles. The molecule has 4 N–H and O–H groups in total. The van der Waals surface area contributed by atoms with Crippen LogP contribution in [0.2, 0.25) is 0 Å². The summed E-state index contributed by atoms with van der Waals surface area (Å²) in [6.45, 7) is 0.480. The summed E-state index contributed by atoms with van der Waals surface area (Å²) in [7, 11) is 0. The molecule has 7 heteroatoms. The first-order valence-electron chi connectivity index (χ1n) is 7.58. The van der Waals surface area contributed by atoms with Crippen LogP contribution in [-0.2, 0) is 6.54 Å². The lowest BCUT2D eigenvalue weighted by Gasteiger charge is -2.10. The molecule has 0 saturated heterocycles. The fraction of sp³-hybridized carbons (Fsp3) is 0.0556. The van der Waals surface area contributed by atoms with Crippen LogP contribution in [0.15, 0.2) is 60.9 Å². The Labute approximate surface area is 143 Å². The molecular formula is C18H16FN5O. The summed E-state index contributed by atoms with van der Waals surface area (Å²) in [5.41, 5.74) is 7.67. The Balaban J connectivity index is 1.64. The number of nitrogens with two attached hydrogens (primary N) is 1. The average Bonchev–Trinajstić information content (AvgIpc) is 2.64. The van der Waals surface area contributed by atoms with Crippen LogP contribution < -0.4 is 16.4 Å². The third-order valence-corrected chi connectivity index (χ3v) is 3.48. The lowest BCUT2D eigenvalue weighted by atomic mass is 10.2. The van der Waals surface area contributed by atoms with Gasteiger partial charge in [0, 0.05) is 18.9 Å². The number of nitrogen functional groups attached to an aromatic ring is 1. The standard InChI is InChI=1S/C18H16FN5O/c19-14-5-3-12(4-6-14)10-22-16-8-7-15(17(20)24-16)23-18(25)13-2-1-9-21-11-13/h1-9,11H,10H2,(H,23,25)(H3,20,22,24). The smallest absolute Gasteiger partial charge is 0.257 e. The first-order chi connectivity index (χ1) is 12.1. The van der Waals surface area contributed by atoms with E-state index in [1.165, 1.54) is 18.3 Å². The minimum Gasteiger partial charge on any atom is -0.382 e. The lowest BCUT2D eigenvalue weighted by molar-refractivity contribution is 0.102. The molecule has 6 nitrogen and oxygen atoms in total. The fourth-order valence-corrected chi connectivity index (χ4v) is 2.17. The maximum absolute atomic E-state index is 12.9. The number of halogens is 1. The molecule has 0 aliphatic rings. The molecule has 0 atom stereocenters. The maximum Gasteiger partial charge on any atom is 0.257 e. The summed E-state index contributed by atoms with van der Waals surface area (Å²) in [4.78, 5) is 20.2. The molecule has 3 aromatic rings. The summed E-state index contributed by atoms with van der Waals surface area (Å²) >= 11 is 0. The van der Waals surface area contributed by atoms with Crippen molar-refractivity contribution in [2.45, 2.75) is 6.54 Å². The normalized spacial score (nSPS) is 10.3. The number of nitrogens with one attached hydrogen (secondary N) is 2. The first-order valence-corrected chi connectivity index (χ1v) is 7.58. The van der Waals surface area contributed by atoms with Crippen molar-refractivity contribution in [3.05, 3.63) is 77.9 Å². The van der Waals surface area contributed by atoms with Gasteiger partial charge < -0.3 is 16.4 Å². The topological polar surface area (TPSA) is 92.9 Å². The molecule has 1 amide bonds. The van der Waals surface area contributed by atoms with Gasteiger partial charge in [-0.25, -0.2) is 9.37 Å². The Hall–Kier alpha value is -3.48. The molecule has 25 heavy (non-hydrogen) atoms. The predicted molar refractivity (Wildman–Crippen MR) is 94.6 cm³/mol. The van der Waals surface area contributed by atoms with Crippen LogP contribution in [0.1, 0.15) is 15.9 Å². The van der Waals surface area contributed by atoms with Gasteiger partial charge in [-0.2, -0.15) is 0 Å². The first kappa shape index (κ1) is 16.4. The molecular weight excluding hydrogens is 321 g/mol. The van der Waals surface area contributed by atoms with E-state index in [2.05, 4.69) is 20.6 Å². The van der Waals surface area contributed by atoms with Crippen molar-refractivity contribution in [1.82, 2.24) is 9.97 Å². The zero-order valence-electron chi connectivity index (χ0n) is 13.2. The van der Waals surface area contributed by atoms with Crippen molar-refractivity contribution in [3.8, 4) is 0 Å². The number of nitrogens with zero attached hydrogens (tertiary/aromatic N) is 2. The predicted octanol–water partition coefficient (Wildman–Crippen LogP) is 3.06. The van der Waals surface area contributed by atoms with Gasteiger partial charge in [0.15, 0.2) is 0 Å². The van der Waals surface area contributed by atoms with Crippen molar-refractivity contribution in [1.29, 1.82) is 0 Å². The van der Waals surface area contributed by atoms with Gasteiger partial charge in [0.2, 0.25) is 0 Å². The van der Waals surface area contributed by atoms with Gasteiger partial charge in [-0.3, -0.25) is 9.78 Å². The minimum atomic E-state index is -0.311. The van der Waals surface area contributed by atoms with Crippen LogP contribution in [0.5, 0.6) is 0 Å². The summed E-state index contributed by atoms with van der Waals surface area (Å²) in [5, 5.41) is 5.80. The van der Waals surface area contributed by atoms with E-state index in [-0.39, 0.29) is 17.5 Å². The third-order valence-electron chi connectivity index (χ3n) is 3.48. The Bertz CT molecular complexity index is 868. The van der Waals surface area contributed by atoms with E-state index in [0.29, 0.717) is 23.6 Å². The second-order valence-corrected chi connectivity index (χ2v) is 5.31. The highest BCUT2D eigenvalue weighted by atomic mass is 19.1.